The van der Waals surface area contributed by atoms with Crippen molar-refractivity contribution < 1.29 is 0 Å². The van der Waals surface area contributed by atoms with E-state index in [-0.39, 0.29) is 0 Å². The van der Waals surface area contributed by atoms with Crippen molar-refractivity contribution in [3.63, 3.8) is 0 Å². The van der Waals surface area contributed by atoms with Gasteiger partial charge >= 0.3 is 0 Å². The molecule has 7 heteroatoms. The number of aromatic nitrogens is 3. The van der Waals surface area contributed by atoms with E-state index in [0.29, 0.717) is 21.1 Å². The van der Waals surface area contributed by atoms with Crippen molar-refractivity contribution in [3.8, 4) is 5.69 Å². The van der Waals surface area contributed by atoms with Gasteiger partial charge in [0.25, 0.3) is 0 Å². The molecule has 84 valence electrons. The quantitative estimate of drug-likeness (QED) is 0.724. The topological polar surface area (TPSA) is 30.7 Å². The van der Waals surface area contributed by atoms with E-state index in [1.54, 1.807) is 23.0 Å². The van der Waals surface area contributed by atoms with Crippen molar-refractivity contribution in [2.45, 2.75) is 5.33 Å². The first-order valence-electron chi connectivity index (χ1n) is 4.24. The summed E-state index contributed by atoms with van der Waals surface area (Å²) in [5, 5.41) is 9.59. The smallest absolute Gasteiger partial charge is 0.104 e. The fourth-order valence-electron chi connectivity index (χ4n) is 1.22. The van der Waals surface area contributed by atoms with Crippen LogP contribution in [0.1, 0.15) is 5.69 Å². The third-order valence-electron chi connectivity index (χ3n) is 1.89. The molecule has 1 aromatic heterocycles. The molecule has 3 nitrogen and oxygen atoms in total. The summed E-state index contributed by atoms with van der Waals surface area (Å²) in [7, 11) is 0. The molecule has 1 aromatic carbocycles. The van der Waals surface area contributed by atoms with E-state index in [9.17, 15) is 0 Å². The largest absolute Gasteiger partial charge is 0.217 e. The Morgan fingerprint density at radius 3 is 2.38 bits per heavy atom. The van der Waals surface area contributed by atoms with Gasteiger partial charge in [-0.25, -0.2) is 4.68 Å². The van der Waals surface area contributed by atoms with Crippen LogP contribution in [-0.4, -0.2) is 15.0 Å². The van der Waals surface area contributed by atoms with Crippen LogP contribution in [0.2, 0.25) is 10.0 Å². The average Bonchev–Trinajstić information content (AvgIpc) is 2.64. The average molecular weight is 386 g/mol. The summed E-state index contributed by atoms with van der Waals surface area (Å²) >= 11 is 18.8. The molecular weight excluding hydrogens is 381 g/mol. The minimum atomic E-state index is 0.519. The molecule has 0 saturated heterocycles. The van der Waals surface area contributed by atoms with Crippen molar-refractivity contribution in [2.75, 3.05) is 0 Å². The first kappa shape index (κ1) is 12.4. The third kappa shape index (κ3) is 2.42. The van der Waals surface area contributed by atoms with Gasteiger partial charge in [0, 0.05) is 9.80 Å². The Balaban J connectivity index is 2.55. The minimum Gasteiger partial charge on any atom is -0.217 e. The summed E-state index contributed by atoms with van der Waals surface area (Å²) in [6, 6.07) is 3.52. The number of benzene rings is 1. The summed E-state index contributed by atoms with van der Waals surface area (Å²) < 4.78 is 2.39. The zero-order valence-electron chi connectivity index (χ0n) is 7.79. The second-order valence-corrected chi connectivity index (χ2v) is 5.30. The highest BCUT2D eigenvalue weighted by Gasteiger charge is 2.11. The van der Waals surface area contributed by atoms with E-state index >= 15 is 0 Å². The van der Waals surface area contributed by atoms with Crippen LogP contribution in [0, 0.1) is 0 Å². The molecule has 0 N–H and O–H groups in total. The number of hydrogen-bond donors (Lipinski definition) is 0. The number of alkyl halides is 1. The third-order valence-corrected chi connectivity index (χ3v) is 3.50. The van der Waals surface area contributed by atoms with Crippen molar-refractivity contribution >= 4 is 55.1 Å². The molecule has 1 heterocycles. The van der Waals surface area contributed by atoms with Crippen LogP contribution >= 0.6 is 55.1 Å². The number of nitrogens with zero attached hydrogens (tertiary/aromatic N) is 3. The molecule has 0 spiro atoms. The molecule has 0 aliphatic carbocycles. The molecule has 0 bridgehead atoms. The van der Waals surface area contributed by atoms with Gasteiger partial charge < -0.3 is 0 Å². The molecule has 0 unspecified atom stereocenters. The van der Waals surface area contributed by atoms with E-state index in [1.165, 1.54) is 0 Å². The molecule has 16 heavy (non-hydrogen) atoms. The molecule has 0 aliphatic heterocycles. The first-order chi connectivity index (χ1) is 7.61. The van der Waals surface area contributed by atoms with Gasteiger partial charge in [-0.1, -0.05) is 60.3 Å². The highest BCUT2D eigenvalue weighted by atomic mass is 79.9. The van der Waals surface area contributed by atoms with E-state index in [2.05, 4.69) is 42.2 Å². The van der Waals surface area contributed by atoms with Crippen LogP contribution < -0.4 is 0 Å². The zero-order valence-corrected chi connectivity index (χ0v) is 12.5. The van der Waals surface area contributed by atoms with Crippen LogP contribution in [0.25, 0.3) is 5.69 Å². The SMILES string of the molecule is Clc1cc(Br)cc(Cl)c1-n1cc(CBr)nn1. The predicted octanol–water partition coefficient (Wildman–Crippen LogP) is 4.23. The van der Waals surface area contributed by atoms with Crippen LogP contribution in [0.4, 0.5) is 0 Å². The molecule has 0 aliphatic rings. The van der Waals surface area contributed by atoms with E-state index in [1.807, 2.05) is 0 Å². The maximum absolute atomic E-state index is 6.11. The maximum Gasteiger partial charge on any atom is 0.104 e. The lowest BCUT2D eigenvalue weighted by atomic mass is 10.3. The van der Waals surface area contributed by atoms with Crippen molar-refractivity contribution in [1.29, 1.82) is 0 Å². The van der Waals surface area contributed by atoms with Gasteiger partial charge in [-0.15, -0.1) is 5.10 Å². The normalized spacial score (nSPS) is 10.8. The van der Waals surface area contributed by atoms with E-state index < -0.39 is 0 Å². The van der Waals surface area contributed by atoms with Gasteiger partial charge in [0.05, 0.1) is 21.9 Å². The van der Waals surface area contributed by atoms with Gasteiger partial charge in [-0.05, 0) is 12.1 Å². The Bertz CT molecular complexity index is 504. The summed E-state index contributed by atoms with van der Waals surface area (Å²) in [4.78, 5) is 0. The minimum absolute atomic E-state index is 0.519. The van der Waals surface area contributed by atoms with Crippen molar-refractivity contribution in [1.82, 2.24) is 15.0 Å². The fourth-order valence-corrected chi connectivity index (χ4v) is 2.86. The zero-order chi connectivity index (χ0) is 11.7. The van der Waals surface area contributed by atoms with Gasteiger partial charge in [0.2, 0.25) is 0 Å². The monoisotopic (exact) mass is 383 g/mol. The molecule has 0 saturated carbocycles. The van der Waals surface area contributed by atoms with Gasteiger partial charge in [-0.3, -0.25) is 0 Å². The maximum atomic E-state index is 6.11. The molecule has 2 aromatic rings. The lowest BCUT2D eigenvalue weighted by Crippen LogP contribution is -1.97. The van der Waals surface area contributed by atoms with Crippen LogP contribution in [0.5, 0.6) is 0 Å². The highest BCUT2D eigenvalue weighted by Crippen LogP contribution is 2.31. The lowest BCUT2D eigenvalue weighted by molar-refractivity contribution is 0.800. The van der Waals surface area contributed by atoms with Crippen LogP contribution in [0.3, 0.4) is 0 Å². The number of hydrogen-bond acceptors (Lipinski definition) is 2. The van der Waals surface area contributed by atoms with Crippen LogP contribution in [-0.2, 0) is 5.33 Å². The number of rotatable bonds is 2. The van der Waals surface area contributed by atoms with Gasteiger partial charge in [0.1, 0.15) is 5.69 Å². The van der Waals surface area contributed by atoms with Crippen molar-refractivity contribution in [2.24, 2.45) is 0 Å². The summed E-state index contributed by atoms with van der Waals surface area (Å²) in [6.45, 7) is 0. The van der Waals surface area contributed by atoms with Gasteiger partial charge in [-0.2, -0.15) is 0 Å². The fraction of sp³-hybridized carbons (Fsp3) is 0.111. The predicted molar refractivity (Wildman–Crippen MR) is 71.7 cm³/mol. The molecule has 0 radical (unpaired) electrons. The standard InChI is InChI=1S/C9H5Br2Cl2N3/c10-3-6-4-16(15-14-6)9-7(12)1-5(11)2-8(9)13/h1-2,4H,3H2. The Morgan fingerprint density at radius 1 is 1.25 bits per heavy atom. The Kier molecular flexibility index (Phi) is 3.89. The second kappa shape index (κ2) is 5.04. The second-order valence-electron chi connectivity index (χ2n) is 3.01. The van der Waals surface area contributed by atoms with Crippen molar-refractivity contribution in [3.05, 3.63) is 38.5 Å². The summed E-state index contributed by atoms with van der Waals surface area (Å²) in [5.74, 6) is 0. The number of halogens is 4. The van der Waals surface area contributed by atoms with E-state index in [4.69, 9.17) is 23.2 Å². The first-order valence-corrected chi connectivity index (χ1v) is 6.91. The Hall–Kier alpha value is -0.100. The highest BCUT2D eigenvalue weighted by molar-refractivity contribution is 9.10. The molecule has 2 rings (SSSR count). The Labute approximate surface area is 119 Å². The van der Waals surface area contributed by atoms with Crippen LogP contribution in [0.15, 0.2) is 22.8 Å². The molecule has 0 amide bonds. The molecule has 0 fully saturated rings. The molecular formula is C9H5Br2Cl2N3. The summed E-state index contributed by atoms with van der Waals surface area (Å²) in [5.41, 5.74) is 1.45. The lowest BCUT2D eigenvalue weighted by Gasteiger charge is -2.06. The van der Waals surface area contributed by atoms with E-state index in [0.717, 1.165) is 10.2 Å². The molecule has 0 atom stereocenters. The van der Waals surface area contributed by atoms with Gasteiger partial charge in [0.15, 0.2) is 0 Å². The Morgan fingerprint density at radius 2 is 1.88 bits per heavy atom. The summed E-state index contributed by atoms with van der Waals surface area (Å²) in [6.07, 6.45) is 1.77.